The predicted molar refractivity (Wildman–Crippen MR) is 105 cm³/mol. The SMILES string of the molecule is Cc1cc2nc(C(F)(F)F)c(=O)n([C@H](C)C(=O)NCCN3CCOCC3)c2cc1C. The van der Waals surface area contributed by atoms with Crippen LogP contribution in [0.15, 0.2) is 16.9 Å². The number of hydrogen-bond acceptors (Lipinski definition) is 5. The van der Waals surface area contributed by atoms with Crippen molar-refractivity contribution in [3.63, 3.8) is 0 Å². The Labute approximate surface area is 171 Å². The van der Waals surface area contributed by atoms with Gasteiger partial charge in [0.05, 0.1) is 24.2 Å². The van der Waals surface area contributed by atoms with Gasteiger partial charge in [0.25, 0.3) is 5.56 Å². The molecule has 7 nitrogen and oxygen atoms in total. The van der Waals surface area contributed by atoms with Gasteiger partial charge in [-0.15, -0.1) is 0 Å². The highest BCUT2D eigenvalue weighted by Crippen LogP contribution is 2.28. The summed E-state index contributed by atoms with van der Waals surface area (Å²) >= 11 is 0. The summed E-state index contributed by atoms with van der Waals surface area (Å²) in [5.41, 5.74) is -1.08. The van der Waals surface area contributed by atoms with Crippen LogP contribution in [0.25, 0.3) is 11.0 Å². The molecule has 0 saturated carbocycles. The van der Waals surface area contributed by atoms with Crippen molar-refractivity contribution in [3.05, 3.63) is 39.3 Å². The highest BCUT2D eigenvalue weighted by Gasteiger charge is 2.38. The number of nitrogens with one attached hydrogen (secondary N) is 1. The minimum atomic E-state index is -4.92. The van der Waals surface area contributed by atoms with Gasteiger partial charge < -0.3 is 10.1 Å². The van der Waals surface area contributed by atoms with E-state index in [4.69, 9.17) is 4.74 Å². The molecule has 0 aliphatic carbocycles. The maximum absolute atomic E-state index is 13.4. The Balaban J connectivity index is 1.92. The first-order valence-electron chi connectivity index (χ1n) is 9.78. The second-order valence-electron chi connectivity index (χ2n) is 7.48. The number of rotatable bonds is 5. The van der Waals surface area contributed by atoms with E-state index in [2.05, 4.69) is 15.2 Å². The van der Waals surface area contributed by atoms with Gasteiger partial charge in [-0.05, 0) is 44.0 Å². The molecular formula is C20H25F3N4O3. The molecule has 1 aromatic heterocycles. The van der Waals surface area contributed by atoms with E-state index in [0.29, 0.717) is 26.3 Å². The number of carbonyl (C=O) groups excluding carboxylic acids is 1. The van der Waals surface area contributed by atoms with Gasteiger partial charge in [-0.2, -0.15) is 13.2 Å². The average Bonchev–Trinajstić information content (AvgIpc) is 2.68. The van der Waals surface area contributed by atoms with Crippen molar-refractivity contribution in [3.8, 4) is 0 Å². The zero-order valence-electron chi connectivity index (χ0n) is 17.2. The zero-order chi connectivity index (χ0) is 22.1. The second-order valence-corrected chi connectivity index (χ2v) is 7.48. The molecule has 1 saturated heterocycles. The molecule has 1 amide bonds. The number of halogens is 3. The number of hydrogen-bond donors (Lipinski definition) is 1. The molecule has 0 unspecified atom stereocenters. The van der Waals surface area contributed by atoms with Crippen LogP contribution in [0.2, 0.25) is 0 Å². The van der Waals surface area contributed by atoms with Crippen LogP contribution in [0.4, 0.5) is 13.2 Å². The molecule has 2 aromatic rings. The fourth-order valence-corrected chi connectivity index (χ4v) is 3.46. The van der Waals surface area contributed by atoms with Crippen molar-refractivity contribution >= 4 is 16.9 Å². The standard InChI is InChI=1S/C20H25F3N4O3/c1-12-10-15-16(11-13(12)2)27(19(29)17(25-15)20(21,22)23)14(3)18(28)24-4-5-26-6-8-30-9-7-26/h10-11,14H,4-9H2,1-3H3,(H,24,28)/t14-/m1/s1. The summed E-state index contributed by atoms with van der Waals surface area (Å²) in [4.78, 5) is 31.0. The fourth-order valence-electron chi connectivity index (χ4n) is 3.46. The first-order valence-corrected chi connectivity index (χ1v) is 9.78. The number of ether oxygens (including phenoxy) is 1. The van der Waals surface area contributed by atoms with Crippen molar-refractivity contribution in [2.75, 3.05) is 39.4 Å². The molecule has 1 atom stereocenters. The summed E-state index contributed by atoms with van der Waals surface area (Å²) < 4.78 is 46.4. The van der Waals surface area contributed by atoms with Crippen molar-refractivity contribution in [1.29, 1.82) is 0 Å². The topological polar surface area (TPSA) is 76.5 Å². The molecule has 3 rings (SSSR count). The van der Waals surface area contributed by atoms with E-state index in [-0.39, 0.29) is 11.0 Å². The van der Waals surface area contributed by atoms with E-state index >= 15 is 0 Å². The molecule has 1 aliphatic heterocycles. The molecule has 164 valence electrons. The number of carbonyl (C=O) groups is 1. The molecule has 1 N–H and O–H groups in total. The molecule has 10 heteroatoms. The lowest BCUT2D eigenvalue weighted by atomic mass is 10.1. The van der Waals surface area contributed by atoms with Crippen LogP contribution in [0.1, 0.15) is 29.8 Å². The first-order chi connectivity index (χ1) is 14.1. The molecular weight excluding hydrogens is 401 g/mol. The van der Waals surface area contributed by atoms with Gasteiger partial charge in [0.2, 0.25) is 11.6 Å². The van der Waals surface area contributed by atoms with Crippen molar-refractivity contribution < 1.29 is 22.7 Å². The fraction of sp³-hybridized carbons (Fsp3) is 0.550. The highest BCUT2D eigenvalue weighted by atomic mass is 19.4. The number of alkyl halides is 3. The van der Waals surface area contributed by atoms with E-state index in [0.717, 1.165) is 28.8 Å². The minimum Gasteiger partial charge on any atom is -0.379 e. The lowest BCUT2D eigenvalue weighted by molar-refractivity contribution is -0.142. The third-order valence-electron chi connectivity index (χ3n) is 5.37. The monoisotopic (exact) mass is 426 g/mol. The van der Waals surface area contributed by atoms with Crippen LogP contribution in [0.3, 0.4) is 0 Å². The minimum absolute atomic E-state index is 0.0259. The van der Waals surface area contributed by atoms with Gasteiger partial charge in [0.15, 0.2) is 0 Å². The van der Waals surface area contributed by atoms with Gasteiger partial charge in [0, 0.05) is 26.2 Å². The lowest BCUT2D eigenvalue weighted by Gasteiger charge is -2.27. The van der Waals surface area contributed by atoms with Gasteiger partial charge in [0.1, 0.15) is 6.04 Å². The molecule has 1 fully saturated rings. The van der Waals surface area contributed by atoms with Gasteiger partial charge in [-0.1, -0.05) is 0 Å². The Morgan fingerprint density at radius 3 is 2.50 bits per heavy atom. The largest absolute Gasteiger partial charge is 0.438 e. The van der Waals surface area contributed by atoms with Gasteiger partial charge >= 0.3 is 6.18 Å². The first kappa shape index (κ1) is 22.2. The highest BCUT2D eigenvalue weighted by molar-refractivity contribution is 5.84. The third-order valence-corrected chi connectivity index (χ3v) is 5.37. The number of amides is 1. The number of nitrogens with zero attached hydrogens (tertiary/aromatic N) is 3. The summed E-state index contributed by atoms with van der Waals surface area (Å²) in [5.74, 6) is -0.524. The number of morpholine rings is 1. The Bertz CT molecular complexity index is 997. The quantitative estimate of drug-likeness (QED) is 0.792. The van der Waals surface area contributed by atoms with E-state index in [1.807, 2.05) is 0 Å². The second kappa shape index (κ2) is 8.73. The Morgan fingerprint density at radius 2 is 1.87 bits per heavy atom. The van der Waals surface area contributed by atoms with Crippen LogP contribution >= 0.6 is 0 Å². The number of benzene rings is 1. The number of aryl methyl sites for hydroxylation is 2. The summed E-state index contributed by atoms with van der Waals surface area (Å²) in [7, 11) is 0. The predicted octanol–water partition coefficient (Wildman–Crippen LogP) is 2.04. The lowest BCUT2D eigenvalue weighted by Crippen LogP contribution is -2.43. The van der Waals surface area contributed by atoms with E-state index in [1.54, 1.807) is 19.9 Å². The van der Waals surface area contributed by atoms with E-state index in [9.17, 15) is 22.8 Å². The van der Waals surface area contributed by atoms with Gasteiger partial charge in [-0.25, -0.2) is 4.98 Å². The normalized spacial score (nSPS) is 16.6. The Hall–Kier alpha value is -2.46. The summed E-state index contributed by atoms with van der Waals surface area (Å²) in [5, 5.41) is 2.72. The van der Waals surface area contributed by atoms with Crippen LogP contribution in [0, 0.1) is 13.8 Å². The average molecular weight is 426 g/mol. The Morgan fingerprint density at radius 1 is 1.23 bits per heavy atom. The van der Waals surface area contributed by atoms with Crippen LogP contribution in [-0.4, -0.2) is 59.8 Å². The van der Waals surface area contributed by atoms with Crippen molar-refractivity contribution in [1.82, 2.24) is 19.8 Å². The van der Waals surface area contributed by atoms with E-state index in [1.165, 1.54) is 13.0 Å². The third kappa shape index (κ3) is 4.65. The smallest absolute Gasteiger partial charge is 0.379 e. The Kier molecular flexibility index (Phi) is 6.47. The van der Waals surface area contributed by atoms with Crippen molar-refractivity contribution in [2.24, 2.45) is 0 Å². The zero-order valence-corrected chi connectivity index (χ0v) is 17.2. The van der Waals surface area contributed by atoms with Crippen LogP contribution in [-0.2, 0) is 15.7 Å². The maximum atomic E-state index is 13.4. The molecule has 0 radical (unpaired) electrons. The van der Waals surface area contributed by atoms with E-state index < -0.39 is 29.4 Å². The van der Waals surface area contributed by atoms with Crippen LogP contribution < -0.4 is 10.9 Å². The molecule has 30 heavy (non-hydrogen) atoms. The molecule has 1 aromatic carbocycles. The molecule has 0 spiro atoms. The summed E-state index contributed by atoms with van der Waals surface area (Å²) in [6, 6.07) is 1.96. The van der Waals surface area contributed by atoms with Gasteiger partial charge in [-0.3, -0.25) is 19.1 Å². The molecule has 1 aliphatic rings. The summed E-state index contributed by atoms with van der Waals surface area (Å²) in [6.07, 6.45) is -4.92. The molecule has 0 bridgehead atoms. The maximum Gasteiger partial charge on any atom is 0.438 e. The van der Waals surface area contributed by atoms with Crippen LogP contribution in [0.5, 0.6) is 0 Å². The number of aromatic nitrogens is 2. The number of fused-ring (bicyclic) bond motifs is 1. The van der Waals surface area contributed by atoms with Crippen molar-refractivity contribution in [2.45, 2.75) is 33.0 Å². The molecule has 2 heterocycles. The summed E-state index contributed by atoms with van der Waals surface area (Å²) in [6.45, 7) is 8.64.